The Labute approximate surface area is 118 Å². The highest BCUT2D eigenvalue weighted by Gasteiger charge is 2.18. The summed E-state index contributed by atoms with van der Waals surface area (Å²) in [4.78, 5) is 6.68. The first-order chi connectivity index (χ1) is 9.25. The molecule has 0 spiro atoms. The van der Waals surface area contributed by atoms with Crippen molar-refractivity contribution in [3.63, 3.8) is 0 Å². The number of fused-ring (bicyclic) bond motifs is 1. The van der Waals surface area contributed by atoms with Crippen LogP contribution in [0.5, 0.6) is 0 Å². The van der Waals surface area contributed by atoms with Crippen molar-refractivity contribution in [2.75, 3.05) is 11.9 Å². The molecule has 1 heterocycles. The van der Waals surface area contributed by atoms with Gasteiger partial charge < -0.3 is 4.90 Å². The molecule has 0 N–H and O–H groups in total. The smallest absolute Gasteiger partial charge is 0.0756 e. The zero-order chi connectivity index (χ0) is 13.2. The fourth-order valence-electron chi connectivity index (χ4n) is 2.42. The van der Waals surface area contributed by atoms with Gasteiger partial charge in [-0.3, -0.25) is 4.99 Å². The summed E-state index contributed by atoms with van der Waals surface area (Å²) in [5.41, 5.74) is 4.53. The molecule has 2 nitrogen and oxygen atoms in total. The summed E-state index contributed by atoms with van der Waals surface area (Å²) < 4.78 is 0. The molecule has 0 fully saturated rings. The SMILES string of the molecule is CN1C=CN=C(C2=CC=CCC2)c2cc(Cl)ccc21. The molecule has 0 atom stereocenters. The van der Waals surface area contributed by atoms with Crippen LogP contribution in [-0.4, -0.2) is 12.8 Å². The Morgan fingerprint density at radius 1 is 1.32 bits per heavy atom. The van der Waals surface area contributed by atoms with Gasteiger partial charge in [-0.15, -0.1) is 0 Å². The minimum atomic E-state index is 0.744. The number of nitrogens with zero attached hydrogens (tertiary/aromatic N) is 2. The van der Waals surface area contributed by atoms with Gasteiger partial charge in [-0.2, -0.15) is 0 Å². The topological polar surface area (TPSA) is 15.6 Å². The third-order valence-electron chi connectivity index (χ3n) is 3.41. The minimum Gasteiger partial charge on any atom is -0.349 e. The summed E-state index contributed by atoms with van der Waals surface area (Å²) in [5, 5.41) is 0.744. The van der Waals surface area contributed by atoms with Crippen LogP contribution in [0.1, 0.15) is 18.4 Å². The third-order valence-corrected chi connectivity index (χ3v) is 3.64. The number of benzene rings is 1. The molecule has 0 aromatic heterocycles. The van der Waals surface area contributed by atoms with Gasteiger partial charge in [-0.25, -0.2) is 0 Å². The van der Waals surface area contributed by atoms with E-state index >= 15 is 0 Å². The molecule has 2 aliphatic rings. The van der Waals surface area contributed by atoms with Gasteiger partial charge in [0.1, 0.15) is 0 Å². The van der Waals surface area contributed by atoms with Gasteiger partial charge in [0.25, 0.3) is 0 Å². The summed E-state index contributed by atoms with van der Waals surface area (Å²) in [7, 11) is 2.02. The molecule has 0 radical (unpaired) electrons. The van der Waals surface area contributed by atoms with Gasteiger partial charge in [0.15, 0.2) is 0 Å². The summed E-state index contributed by atoms with van der Waals surface area (Å²) in [5.74, 6) is 0. The molecule has 19 heavy (non-hydrogen) atoms. The maximum absolute atomic E-state index is 6.15. The number of hydrogen-bond acceptors (Lipinski definition) is 2. The maximum atomic E-state index is 6.15. The highest BCUT2D eigenvalue weighted by Crippen LogP contribution is 2.30. The third kappa shape index (κ3) is 2.36. The van der Waals surface area contributed by atoms with Crippen LogP contribution >= 0.6 is 11.6 Å². The molecule has 0 bridgehead atoms. The van der Waals surface area contributed by atoms with Crippen molar-refractivity contribution in [1.82, 2.24) is 0 Å². The molecule has 0 saturated carbocycles. The first-order valence-electron chi connectivity index (χ1n) is 6.39. The van der Waals surface area contributed by atoms with E-state index in [-0.39, 0.29) is 0 Å². The van der Waals surface area contributed by atoms with E-state index in [0.29, 0.717) is 0 Å². The molecule has 1 aromatic carbocycles. The Kier molecular flexibility index (Phi) is 3.26. The summed E-state index contributed by atoms with van der Waals surface area (Å²) in [6.45, 7) is 0. The Hall–Kier alpha value is -1.80. The number of allylic oxidation sites excluding steroid dienone is 4. The largest absolute Gasteiger partial charge is 0.349 e. The molecule has 3 heteroatoms. The Morgan fingerprint density at radius 2 is 2.21 bits per heavy atom. The summed E-state index contributed by atoms with van der Waals surface area (Å²) >= 11 is 6.15. The summed E-state index contributed by atoms with van der Waals surface area (Å²) in [6.07, 6.45) is 12.3. The van der Waals surface area contributed by atoms with Crippen molar-refractivity contribution in [3.8, 4) is 0 Å². The molecule has 1 aliphatic carbocycles. The fraction of sp³-hybridized carbons (Fsp3) is 0.188. The van der Waals surface area contributed by atoms with Gasteiger partial charge >= 0.3 is 0 Å². The van der Waals surface area contributed by atoms with Crippen molar-refractivity contribution in [3.05, 3.63) is 65.0 Å². The van der Waals surface area contributed by atoms with Crippen LogP contribution in [0, 0.1) is 0 Å². The van der Waals surface area contributed by atoms with E-state index in [2.05, 4.69) is 28.1 Å². The lowest BCUT2D eigenvalue weighted by Crippen LogP contribution is -2.13. The molecule has 96 valence electrons. The van der Waals surface area contributed by atoms with Crippen LogP contribution in [0.2, 0.25) is 5.02 Å². The highest BCUT2D eigenvalue weighted by atomic mass is 35.5. The number of rotatable bonds is 1. The van der Waals surface area contributed by atoms with Gasteiger partial charge in [0.2, 0.25) is 0 Å². The zero-order valence-corrected chi connectivity index (χ0v) is 11.6. The van der Waals surface area contributed by atoms with Gasteiger partial charge in [0, 0.05) is 30.0 Å². The van der Waals surface area contributed by atoms with Gasteiger partial charge in [0.05, 0.1) is 11.4 Å². The Morgan fingerprint density at radius 3 is 3.00 bits per heavy atom. The normalized spacial score (nSPS) is 17.7. The van der Waals surface area contributed by atoms with E-state index < -0.39 is 0 Å². The molecule has 0 unspecified atom stereocenters. The molecular weight excluding hydrogens is 256 g/mol. The Bertz CT molecular complexity index is 624. The molecule has 0 amide bonds. The van der Waals surface area contributed by atoms with E-state index in [1.54, 1.807) is 0 Å². The number of hydrogen-bond donors (Lipinski definition) is 0. The van der Waals surface area contributed by atoms with E-state index in [1.165, 1.54) is 5.57 Å². The van der Waals surface area contributed by atoms with E-state index in [1.807, 2.05) is 37.6 Å². The first-order valence-corrected chi connectivity index (χ1v) is 6.77. The predicted molar refractivity (Wildman–Crippen MR) is 82.0 cm³/mol. The lowest BCUT2D eigenvalue weighted by atomic mass is 9.94. The van der Waals surface area contributed by atoms with Gasteiger partial charge in [-0.05, 0) is 36.6 Å². The van der Waals surface area contributed by atoms with Crippen LogP contribution < -0.4 is 4.90 Å². The second-order valence-corrected chi connectivity index (χ2v) is 5.14. The van der Waals surface area contributed by atoms with Crippen molar-refractivity contribution >= 4 is 23.0 Å². The van der Waals surface area contributed by atoms with Crippen molar-refractivity contribution in [2.24, 2.45) is 4.99 Å². The van der Waals surface area contributed by atoms with Crippen LogP contribution in [0.25, 0.3) is 0 Å². The molecule has 1 aromatic rings. The average molecular weight is 271 g/mol. The number of aliphatic imine (C=N–C) groups is 1. The van der Waals surface area contributed by atoms with E-state index in [0.717, 1.165) is 34.8 Å². The molecule has 3 rings (SSSR count). The predicted octanol–water partition coefficient (Wildman–Crippen LogP) is 4.33. The van der Waals surface area contributed by atoms with Crippen LogP contribution in [-0.2, 0) is 0 Å². The lowest BCUT2D eigenvalue weighted by Gasteiger charge is -2.19. The molecule has 0 saturated heterocycles. The average Bonchev–Trinajstić information content (AvgIpc) is 2.59. The Balaban J connectivity index is 2.15. The second kappa shape index (κ2) is 5.06. The van der Waals surface area contributed by atoms with Crippen LogP contribution in [0.15, 0.2) is 59.4 Å². The van der Waals surface area contributed by atoms with Crippen LogP contribution in [0.3, 0.4) is 0 Å². The van der Waals surface area contributed by atoms with E-state index in [9.17, 15) is 0 Å². The lowest BCUT2D eigenvalue weighted by molar-refractivity contribution is 1.00. The van der Waals surface area contributed by atoms with Crippen molar-refractivity contribution in [1.29, 1.82) is 0 Å². The molecular formula is C16H15ClN2. The minimum absolute atomic E-state index is 0.744. The first kappa shape index (κ1) is 12.2. The highest BCUT2D eigenvalue weighted by molar-refractivity contribution is 6.31. The summed E-state index contributed by atoms with van der Waals surface area (Å²) in [6, 6.07) is 5.96. The molecule has 1 aliphatic heterocycles. The number of halogens is 1. The van der Waals surface area contributed by atoms with Crippen LogP contribution in [0.4, 0.5) is 5.69 Å². The standard InChI is InChI=1S/C16H15ClN2/c1-19-10-9-18-16(12-5-3-2-4-6-12)14-11-13(17)7-8-15(14)19/h2-3,5,7-11H,4,6H2,1H3. The zero-order valence-electron chi connectivity index (χ0n) is 10.8. The number of anilines is 1. The fourth-order valence-corrected chi connectivity index (χ4v) is 2.59. The quantitative estimate of drug-likeness (QED) is 0.742. The van der Waals surface area contributed by atoms with E-state index in [4.69, 9.17) is 11.6 Å². The van der Waals surface area contributed by atoms with Gasteiger partial charge in [-0.1, -0.05) is 29.8 Å². The maximum Gasteiger partial charge on any atom is 0.0756 e. The monoisotopic (exact) mass is 270 g/mol. The van der Waals surface area contributed by atoms with Crippen molar-refractivity contribution < 1.29 is 0 Å². The van der Waals surface area contributed by atoms with Crippen molar-refractivity contribution in [2.45, 2.75) is 12.8 Å². The second-order valence-electron chi connectivity index (χ2n) is 4.71.